The van der Waals surface area contributed by atoms with E-state index >= 15 is 0 Å². The maximum absolute atomic E-state index is 11.4. The average Bonchev–Trinajstić information content (AvgIpc) is 2.28. The van der Waals surface area contributed by atoms with Gasteiger partial charge in [0.25, 0.3) is 0 Å². The smallest absolute Gasteiger partial charge is 0.319 e. The van der Waals surface area contributed by atoms with Crippen molar-refractivity contribution in [3.05, 3.63) is 0 Å². The molecule has 1 N–H and O–H groups in total. The van der Waals surface area contributed by atoms with Crippen molar-refractivity contribution >= 4 is 5.97 Å². The molecule has 0 amide bonds. The third-order valence-electron chi connectivity index (χ3n) is 4.07. The second-order valence-corrected chi connectivity index (χ2v) is 4.94. The van der Waals surface area contributed by atoms with E-state index in [1.165, 1.54) is 39.2 Å². The lowest BCUT2D eigenvalue weighted by Crippen LogP contribution is -2.57. The van der Waals surface area contributed by atoms with Gasteiger partial charge in [0.2, 0.25) is 0 Å². The van der Waals surface area contributed by atoms with Crippen molar-refractivity contribution in [2.75, 3.05) is 20.7 Å². The van der Waals surface area contributed by atoms with Gasteiger partial charge in [0.1, 0.15) is 0 Å². The van der Waals surface area contributed by atoms with Crippen LogP contribution in [0, 0.1) is 0 Å². The van der Waals surface area contributed by atoms with Crippen molar-refractivity contribution in [1.29, 1.82) is 0 Å². The van der Waals surface area contributed by atoms with Gasteiger partial charge in [-0.05, 0) is 32.7 Å². The molecule has 0 radical (unpaired) electrons. The number of methoxy groups -OCH3 is 1. The highest BCUT2D eigenvalue weighted by atomic mass is 16.5. The molecule has 4 nitrogen and oxygen atoms in total. The monoisotopic (exact) mass is 226 g/mol. The molecule has 0 aromatic rings. The Kier molecular flexibility index (Phi) is 3.82. The molecule has 0 spiro atoms. The Labute approximate surface area is 97.3 Å². The van der Waals surface area contributed by atoms with Gasteiger partial charge in [0, 0.05) is 18.1 Å². The van der Waals surface area contributed by atoms with Crippen LogP contribution >= 0.6 is 0 Å². The minimum atomic E-state index is -0.0974. The van der Waals surface area contributed by atoms with E-state index in [1.807, 2.05) is 7.05 Å². The molecular weight excluding hydrogens is 204 g/mol. The van der Waals surface area contributed by atoms with E-state index in [4.69, 9.17) is 4.74 Å². The van der Waals surface area contributed by atoms with Crippen LogP contribution in [0.4, 0.5) is 0 Å². The number of hydrogen-bond donors (Lipinski definition) is 1. The van der Waals surface area contributed by atoms with Crippen molar-refractivity contribution in [3.63, 3.8) is 0 Å². The molecule has 2 unspecified atom stereocenters. The van der Waals surface area contributed by atoms with Crippen molar-refractivity contribution < 1.29 is 9.53 Å². The molecule has 92 valence electrons. The van der Waals surface area contributed by atoms with Gasteiger partial charge in [-0.2, -0.15) is 0 Å². The second-order valence-electron chi connectivity index (χ2n) is 4.94. The summed E-state index contributed by atoms with van der Waals surface area (Å²) in [4.78, 5) is 13.7. The summed E-state index contributed by atoms with van der Waals surface area (Å²) >= 11 is 0. The van der Waals surface area contributed by atoms with E-state index < -0.39 is 0 Å². The fourth-order valence-electron chi connectivity index (χ4n) is 3.19. The second kappa shape index (κ2) is 5.15. The van der Waals surface area contributed by atoms with Crippen LogP contribution < -0.4 is 5.32 Å². The first-order chi connectivity index (χ1) is 7.74. The highest BCUT2D eigenvalue weighted by Crippen LogP contribution is 2.33. The number of rotatable bonds is 3. The van der Waals surface area contributed by atoms with Gasteiger partial charge in [-0.15, -0.1) is 0 Å². The van der Waals surface area contributed by atoms with E-state index in [0.717, 1.165) is 0 Å². The normalized spacial score (nSPS) is 34.8. The Balaban J connectivity index is 2.00. The van der Waals surface area contributed by atoms with Crippen LogP contribution in [0.3, 0.4) is 0 Å². The maximum atomic E-state index is 11.4. The standard InChI is InChI=1S/C12H22N2O2/c1-13-9-6-10-4-3-5-11(7-9)14(10)8-12(15)16-2/h9-11,13H,3-8H2,1-2H3. The van der Waals surface area contributed by atoms with Gasteiger partial charge in [0.15, 0.2) is 0 Å². The molecule has 0 aliphatic carbocycles. The van der Waals surface area contributed by atoms with Crippen LogP contribution in [0.1, 0.15) is 32.1 Å². The van der Waals surface area contributed by atoms with Crippen LogP contribution in [0.5, 0.6) is 0 Å². The van der Waals surface area contributed by atoms with E-state index in [-0.39, 0.29) is 5.97 Å². The molecule has 2 fully saturated rings. The Hall–Kier alpha value is -0.610. The molecule has 0 aromatic heterocycles. The molecule has 4 heteroatoms. The van der Waals surface area contributed by atoms with Crippen LogP contribution in [0.2, 0.25) is 0 Å². The molecule has 0 saturated carbocycles. The number of fused-ring (bicyclic) bond motifs is 2. The Bertz CT molecular complexity index is 243. The first kappa shape index (κ1) is 11.9. The van der Waals surface area contributed by atoms with Crippen LogP contribution in [-0.4, -0.2) is 49.7 Å². The first-order valence-electron chi connectivity index (χ1n) is 6.24. The lowest BCUT2D eigenvalue weighted by atomic mass is 9.82. The Morgan fingerprint density at radius 1 is 1.38 bits per heavy atom. The number of ether oxygens (including phenoxy) is 1. The van der Waals surface area contributed by atoms with Gasteiger partial charge < -0.3 is 10.1 Å². The lowest BCUT2D eigenvalue weighted by Gasteiger charge is -2.48. The molecule has 2 saturated heterocycles. The topological polar surface area (TPSA) is 41.6 Å². The van der Waals surface area contributed by atoms with E-state index in [0.29, 0.717) is 24.7 Å². The molecule has 16 heavy (non-hydrogen) atoms. The fraction of sp³-hybridized carbons (Fsp3) is 0.917. The summed E-state index contributed by atoms with van der Waals surface area (Å²) in [7, 11) is 3.51. The number of esters is 1. The summed E-state index contributed by atoms with van der Waals surface area (Å²) in [6.07, 6.45) is 6.11. The maximum Gasteiger partial charge on any atom is 0.319 e. The quantitative estimate of drug-likeness (QED) is 0.722. The molecular formula is C12H22N2O2. The number of nitrogens with one attached hydrogen (secondary N) is 1. The molecule has 2 aliphatic heterocycles. The minimum Gasteiger partial charge on any atom is -0.468 e. The van der Waals surface area contributed by atoms with Crippen molar-refractivity contribution in [3.8, 4) is 0 Å². The highest BCUT2D eigenvalue weighted by molar-refractivity contribution is 5.71. The SMILES string of the molecule is CNC1CC2CCCC(C1)N2CC(=O)OC. The van der Waals surface area contributed by atoms with E-state index in [9.17, 15) is 4.79 Å². The zero-order valence-electron chi connectivity index (χ0n) is 10.2. The lowest BCUT2D eigenvalue weighted by molar-refractivity contribution is -0.145. The van der Waals surface area contributed by atoms with Gasteiger partial charge in [-0.25, -0.2) is 0 Å². The molecule has 2 heterocycles. The molecule has 2 bridgehead atoms. The van der Waals surface area contributed by atoms with Crippen LogP contribution in [0.25, 0.3) is 0 Å². The summed E-state index contributed by atoms with van der Waals surface area (Å²) in [6.45, 7) is 0.474. The molecule has 2 atom stereocenters. The van der Waals surface area contributed by atoms with E-state index in [1.54, 1.807) is 0 Å². The van der Waals surface area contributed by atoms with Crippen molar-refractivity contribution in [2.45, 2.75) is 50.2 Å². The predicted molar refractivity (Wildman–Crippen MR) is 62.2 cm³/mol. The van der Waals surface area contributed by atoms with Gasteiger partial charge in [-0.3, -0.25) is 9.69 Å². The zero-order valence-corrected chi connectivity index (χ0v) is 10.2. The minimum absolute atomic E-state index is 0.0974. The Morgan fingerprint density at radius 2 is 2.00 bits per heavy atom. The number of carbonyl (C=O) groups excluding carboxylic acids is 1. The van der Waals surface area contributed by atoms with Gasteiger partial charge in [-0.1, -0.05) is 6.42 Å². The largest absolute Gasteiger partial charge is 0.468 e. The van der Waals surface area contributed by atoms with Crippen LogP contribution in [-0.2, 0) is 9.53 Å². The summed E-state index contributed by atoms with van der Waals surface area (Å²) in [5, 5.41) is 3.38. The summed E-state index contributed by atoms with van der Waals surface area (Å²) in [6, 6.07) is 1.78. The molecule has 2 aliphatic rings. The zero-order chi connectivity index (χ0) is 11.5. The molecule has 2 rings (SSSR count). The number of piperidine rings is 2. The fourth-order valence-corrected chi connectivity index (χ4v) is 3.19. The summed E-state index contributed by atoms with van der Waals surface area (Å²) in [5.74, 6) is -0.0974. The summed E-state index contributed by atoms with van der Waals surface area (Å²) < 4.78 is 4.78. The van der Waals surface area contributed by atoms with Gasteiger partial charge >= 0.3 is 5.97 Å². The van der Waals surface area contributed by atoms with Gasteiger partial charge in [0.05, 0.1) is 13.7 Å². The number of carbonyl (C=O) groups is 1. The molecule has 0 aromatic carbocycles. The average molecular weight is 226 g/mol. The number of hydrogen-bond acceptors (Lipinski definition) is 4. The van der Waals surface area contributed by atoms with E-state index in [2.05, 4.69) is 10.2 Å². The van der Waals surface area contributed by atoms with Crippen molar-refractivity contribution in [1.82, 2.24) is 10.2 Å². The Morgan fingerprint density at radius 3 is 2.50 bits per heavy atom. The third-order valence-corrected chi connectivity index (χ3v) is 4.07. The highest BCUT2D eigenvalue weighted by Gasteiger charge is 2.38. The third kappa shape index (κ3) is 2.38. The van der Waals surface area contributed by atoms with Crippen LogP contribution in [0.15, 0.2) is 0 Å². The summed E-state index contributed by atoms with van der Waals surface area (Å²) in [5.41, 5.74) is 0. The first-order valence-corrected chi connectivity index (χ1v) is 6.24. The van der Waals surface area contributed by atoms with Crippen molar-refractivity contribution in [2.24, 2.45) is 0 Å². The number of nitrogens with zero attached hydrogens (tertiary/aromatic N) is 1. The predicted octanol–water partition coefficient (Wildman–Crippen LogP) is 0.764.